The lowest BCUT2D eigenvalue weighted by molar-refractivity contribution is -0.142. The van der Waals surface area contributed by atoms with Gasteiger partial charge in [-0.1, -0.05) is 6.07 Å². The molecule has 0 aromatic carbocycles. The molecule has 2 heterocycles. The van der Waals surface area contributed by atoms with Crippen molar-refractivity contribution in [3.63, 3.8) is 0 Å². The Morgan fingerprint density at radius 3 is 2.43 bits per heavy atom. The topological polar surface area (TPSA) is 137 Å². The number of rotatable bonds is 5. The lowest BCUT2D eigenvalue weighted by Crippen LogP contribution is -2.36. The smallest absolute Gasteiger partial charge is 0.354 e. The summed E-state index contributed by atoms with van der Waals surface area (Å²) in [5.41, 5.74) is 0.511. The Kier molecular flexibility index (Phi) is 4.18. The highest BCUT2D eigenvalue weighted by Crippen LogP contribution is 2.34. The molecule has 0 unspecified atom stereocenters. The summed E-state index contributed by atoms with van der Waals surface area (Å²) < 4.78 is 0. The summed E-state index contributed by atoms with van der Waals surface area (Å²) in [6.07, 6.45) is 1.07. The molecule has 0 saturated carbocycles. The van der Waals surface area contributed by atoms with Crippen LogP contribution in [0.5, 0.6) is 0 Å². The van der Waals surface area contributed by atoms with E-state index in [0.29, 0.717) is 12.1 Å². The third-order valence-corrected chi connectivity index (χ3v) is 3.61. The van der Waals surface area contributed by atoms with E-state index in [1.807, 2.05) is 0 Å². The molecule has 0 amide bonds. The maximum atomic E-state index is 11.2. The van der Waals surface area contributed by atoms with Gasteiger partial charge in [-0.25, -0.2) is 9.78 Å². The number of aromatic carboxylic acids is 1. The van der Waals surface area contributed by atoms with Gasteiger partial charge in [0.2, 0.25) is 0 Å². The van der Waals surface area contributed by atoms with Crippen molar-refractivity contribution in [3.05, 3.63) is 29.6 Å². The molecule has 3 atom stereocenters. The summed E-state index contributed by atoms with van der Waals surface area (Å²) in [7, 11) is 0. The fourth-order valence-electron chi connectivity index (χ4n) is 2.64. The zero-order valence-electron chi connectivity index (χ0n) is 10.9. The third kappa shape index (κ3) is 3.16. The van der Waals surface area contributed by atoms with Crippen molar-refractivity contribution >= 4 is 17.9 Å². The molecule has 4 N–H and O–H groups in total. The standard InChI is InChI=1S/C13H14N2O6/c16-10(17)3-7-8(5-15-11(7)13(20)21)6-1-2-9(12(18)19)14-4-6/h1-2,4,7-8,11,15H,3,5H2,(H,16,17)(H,18,19)(H,20,21)/t7-,8+,11-/m0/s1. The highest BCUT2D eigenvalue weighted by molar-refractivity contribution is 5.85. The monoisotopic (exact) mass is 294 g/mol. The van der Waals surface area contributed by atoms with E-state index in [1.165, 1.54) is 12.3 Å². The minimum atomic E-state index is -1.16. The van der Waals surface area contributed by atoms with Crippen LogP contribution in [0.2, 0.25) is 0 Å². The minimum Gasteiger partial charge on any atom is -0.481 e. The highest BCUT2D eigenvalue weighted by Gasteiger charge is 2.42. The molecule has 0 bridgehead atoms. The number of nitrogens with zero attached hydrogens (tertiary/aromatic N) is 1. The summed E-state index contributed by atoms with van der Waals surface area (Å²) in [5, 5.41) is 29.7. The van der Waals surface area contributed by atoms with E-state index in [1.54, 1.807) is 6.07 Å². The second-order valence-corrected chi connectivity index (χ2v) is 4.87. The van der Waals surface area contributed by atoms with Gasteiger partial charge in [0.25, 0.3) is 0 Å². The SMILES string of the molecule is O=C(O)C[C@@H]1[C@@H](C(=O)O)NC[C@@H]1c1ccc(C(=O)O)nc1. The number of hydrogen-bond donors (Lipinski definition) is 4. The largest absolute Gasteiger partial charge is 0.481 e. The number of carbonyl (C=O) groups is 3. The first-order valence-electron chi connectivity index (χ1n) is 6.27. The van der Waals surface area contributed by atoms with Crippen LogP contribution in [0.4, 0.5) is 0 Å². The average Bonchev–Trinajstić information content (AvgIpc) is 2.81. The van der Waals surface area contributed by atoms with Crippen LogP contribution in [0.1, 0.15) is 28.4 Å². The summed E-state index contributed by atoms with van der Waals surface area (Å²) in [6, 6.07) is 1.93. The first kappa shape index (κ1) is 14.9. The Balaban J connectivity index is 2.26. The molecule has 8 heteroatoms. The number of nitrogens with one attached hydrogen (secondary N) is 1. The molecule has 2 rings (SSSR count). The Labute approximate surface area is 119 Å². The maximum absolute atomic E-state index is 11.2. The average molecular weight is 294 g/mol. The fraction of sp³-hybridized carbons (Fsp3) is 0.385. The van der Waals surface area contributed by atoms with Crippen LogP contribution in [0.25, 0.3) is 0 Å². The first-order valence-corrected chi connectivity index (χ1v) is 6.27. The number of aromatic nitrogens is 1. The number of hydrogen-bond acceptors (Lipinski definition) is 5. The van der Waals surface area contributed by atoms with Crippen LogP contribution < -0.4 is 5.32 Å². The van der Waals surface area contributed by atoms with Gasteiger partial charge in [0, 0.05) is 24.6 Å². The van der Waals surface area contributed by atoms with Gasteiger partial charge in [-0.2, -0.15) is 0 Å². The molecule has 0 spiro atoms. The molecule has 0 radical (unpaired) electrons. The predicted molar refractivity (Wildman–Crippen MR) is 69.1 cm³/mol. The van der Waals surface area contributed by atoms with Crippen LogP contribution in [0.3, 0.4) is 0 Å². The normalized spacial score (nSPS) is 24.7. The summed E-state index contributed by atoms with van der Waals surface area (Å²) in [5.74, 6) is -4.28. The van der Waals surface area contributed by atoms with E-state index in [4.69, 9.17) is 15.3 Å². The van der Waals surface area contributed by atoms with E-state index in [0.717, 1.165) is 0 Å². The summed E-state index contributed by atoms with van der Waals surface area (Å²) in [6.45, 7) is 0.309. The van der Waals surface area contributed by atoms with Gasteiger partial charge in [0.05, 0.1) is 6.42 Å². The van der Waals surface area contributed by atoms with Gasteiger partial charge in [-0.3, -0.25) is 9.59 Å². The minimum absolute atomic E-state index is 0.116. The molecule has 0 aliphatic carbocycles. The molecule has 1 aliphatic heterocycles. The van der Waals surface area contributed by atoms with Crippen molar-refractivity contribution in [1.82, 2.24) is 10.3 Å². The first-order chi connectivity index (χ1) is 9.90. The van der Waals surface area contributed by atoms with E-state index in [2.05, 4.69) is 10.3 Å². The second-order valence-electron chi connectivity index (χ2n) is 4.87. The zero-order chi connectivity index (χ0) is 15.6. The molecule has 112 valence electrons. The van der Waals surface area contributed by atoms with E-state index in [9.17, 15) is 14.4 Å². The predicted octanol–water partition coefficient (Wildman–Crippen LogP) is 0.0107. The Morgan fingerprint density at radius 2 is 1.95 bits per heavy atom. The highest BCUT2D eigenvalue weighted by atomic mass is 16.4. The quantitative estimate of drug-likeness (QED) is 0.596. The van der Waals surface area contributed by atoms with Crippen LogP contribution in [-0.2, 0) is 9.59 Å². The maximum Gasteiger partial charge on any atom is 0.354 e. The molecular formula is C13H14N2O6. The van der Waals surface area contributed by atoms with Crippen LogP contribution >= 0.6 is 0 Å². The second kappa shape index (κ2) is 5.88. The Morgan fingerprint density at radius 1 is 1.24 bits per heavy atom. The van der Waals surface area contributed by atoms with Crippen molar-refractivity contribution in [2.24, 2.45) is 5.92 Å². The van der Waals surface area contributed by atoms with Crippen LogP contribution in [-0.4, -0.2) is 50.8 Å². The lowest BCUT2D eigenvalue weighted by Gasteiger charge is -2.20. The Bertz CT molecular complexity index is 571. The van der Waals surface area contributed by atoms with E-state index in [-0.39, 0.29) is 18.0 Å². The summed E-state index contributed by atoms with van der Waals surface area (Å²) in [4.78, 5) is 36.6. The van der Waals surface area contributed by atoms with E-state index < -0.39 is 29.9 Å². The van der Waals surface area contributed by atoms with Gasteiger partial charge in [0.1, 0.15) is 11.7 Å². The molecular weight excluding hydrogens is 280 g/mol. The molecule has 1 saturated heterocycles. The zero-order valence-corrected chi connectivity index (χ0v) is 10.9. The lowest BCUT2D eigenvalue weighted by atomic mass is 9.83. The van der Waals surface area contributed by atoms with Crippen LogP contribution in [0, 0.1) is 5.92 Å². The molecule has 1 aromatic rings. The van der Waals surface area contributed by atoms with Crippen molar-refractivity contribution in [1.29, 1.82) is 0 Å². The van der Waals surface area contributed by atoms with Crippen LogP contribution in [0.15, 0.2) is 18.3 Å². The van der Waals surface area contributed by atoms with Gasteiger partial charge in [-0.15, -0.1) is 0 Å². The fourth-order valence-corrected chi connectivity index (χ4v) is 2.64. The molecule has 21 heavy (non-hydrogen) atoms. The molecule has 8 nitrogen and oxygen atoms in total. The summed E-state index contributed by atoms with van der Waals surface area (Å²) >= 11 is 0. The molecule has 1 fully saturated rings. The molecule has 1 aliphatic rings. The number of carboxylic acids is 3. The van der Waals surface area contributed by atoms with E-state index >= 15 is 0 Å². The number of aliphatic carboxylic acids is 2. The van der Waals surface area contributed by atoms with Gasteiger partial charge in [-0.05, 0) is 11.6 Å². The van der Waals surface area contributed by atoms with Gasteiger partial charge >= 0.3 is 17.9 Å². The third-order valence-electron chi connectivity index (χ3n) is 3.61. The van der Waals surface area contributed by atoms with Crippen molar-refractivity contribution in [2.75, 3.05) is 6.54 Å². The Hall–Kier alpha value is -2.48. The van der Waals surface area contributed by atoms with Crippen molar-refractivity contribution in [3.8, 4) is 0 Å². The van der Waals surface area contributed by atoms with Crippen molar-refractivity contribution in [2.45, 2.75) is 18.4 Å². The van der Waals surface area contributed by atoms with Crippen molar-refractivity contribution < 1.29 is 29.7 Å². The molecule has 1 aromatic heterocycles. The number of carboxylic acid groups (broad SMARTS) is 3. The van der Waals surface area contributed by atoms with Gasteiger partial charge < -0.3 is 20.6 Å². The number of pyridine rings is 1. The van der Waals surface area contributed by atoms with Gasteiger partial charge in [0.15, 0.2) is 0 Å².